The van der Waals surface area contributed by atoms with Gasteiger partial charge in [-0.3, -0.25) is 10.1 Å². The van der Waals surface area contributed by atoms with Crippen LogP contribution < -0.4 is 5.32 Å². The molecule has 2 rings (SSSR count). The van der Waals surface area contributed by atoms with E-state index in [4.69, 9.17) is 4.74 Å². The minimum Gasteiger partial charge on any atom is -0.376 e. The highest BCUT2D eigenvalue weighted by atomic mass is 16.5. The van der Waals surface area contributed by atoms with Crippen LogP contribution in [0.4, 0.5) is 0 Å². The first-order valence-corrected chi connectivity index (χ1v) is 8.94. The van der Waals surface area contributed by atoms with Crippen LogP contribution in [0.2, 0.25) is 0 Å². The molecule has 4 nitrogen and oxygen atoms in total. The molecule has 1 N–H and O–H groups in total. The van der Waals surface area contributed by atoms with E-state index in [0.29, 0.717) is 12.7 Å². The summed E-state index contributed by atoms with van der Waals surface area (Å²) in [6.45, 7) is 5.74. The maximum Gasteiger partial charge on any atom is 0.241 e. The minimum absolute atomic E-state index is 0.0320. The Labute approximate surface area is 129 Å². The average molecular weight is 296 g/mol. The number of unbranched alkanes of at least 4 members (excludes halogenated alkanes) is 1. The van der Waals surface area contributed by atoms with Gasteiger partial charge in [0.05, 0.1) is 24.9 Å². The normalized spacial score (nSPS) is 27.5. The zero-order valence-electron chi connectivity index (χ0n) is 13.8. The third-order valence-electron chi connectivity index (χ3n) is 4.82. The Morgan fingerprint density at radius 3 is 2.67 bits per heavy atom. The van der Waals surface area contributed by atoms with Gasteiger partial charge in [0.25, 0.3) is 0 Å². The highest BCUT2D eigenvalue weighted by Crippen LogP contribution is 2.21. The Hall–Kier alpha value is -0.610. The Kier molecular flexibility index (Phi) is 6.97. The Morgan fingerprint density at radius 2 is 2.00 bits per heavy atom. The van der Waals surface area contributed by atoms with E-state index in [1.54, 1.807) is 0 Å². The summed E-state index contributed by atoms with van der Waals surface area (Å²) in [5.41, 5.74) is 0. The molecule has 1 saturated heterocycles. The van der Waals surface area contributed by atoms with Gasteiger partial charge in [-0.25, -0.2) is 0 Å². The molecule has 0 bridgehead atoms. The van der Waals surface area contributed by atoms with Crippen LogP contribution in [0.3, 0.4) is 0 Å². The Bertz CT molecular complexity index is 316. The molecule has 122 valence electrons. The lowest BCUT2D eigenvalue weighted by molar-refractivity contribution is -0.131. The summed E-state index contributed by atoms with van der Waals surface area (Å²) in [5, 5.41) is 3.48. The second kappa shape index (κ2) is 8.74. The van der Waals surface area contributed by atoms with Crippen LogP contribution in [0.15, 0.2) is 0 Å². The molecular formula is C17H32N2O2. The molecule has 0 spiro atoms. The quantitative estimate of drug-likeness (QED) is 0.748. The highest BCUT2D eigenvalue weighted by molar-refractivity contribution is 5.84. The highest BCUT2D eigenvalue weighted by Gasteiger charge is 2.36. The molecule has 2 aliphatic rings. The van der Waals surface area contributed by atoms with Gasteiger partial charge in [0, 0.05) is 6.54 Å². The van der Waals surface area contributed by atoms with Gasteiger partial charge in [0.15, 0.2) is 0 Å². The van der Waals surface area contributed by atoms with Crippen LogP contribution in [0.5, 0.6) is 0 Å². The minimum atomic E-state index is 0.0320. The van der Waals surface area contributed by atoms with Gasteiger partial charge in [-0.2, -0.15) is 0 Å². The van der Waals surface area contributed by atoms with Gasteiger partial charge in [0.1, 0.15) is 0 Å². The monoisotopic (exact) mass is 296 g/mol. The molecule has 0 aromatic carbocycles. The number of nitrogens with one attached hydrogen (secondary N) is 1. The zero-order valence-corrected chi connectivity index (χ0v) is 13.8. The summed E-state index contributed by atoms with van der Waals surface area (Å²) in [6.07, 6.45) is 11.2. The number of hydrogen-bond acceptors (Lipinski definition) is 3. The molecule has 0 aromatic heterocycles. The topological polar surface area (TPSA) is 41.6 Å². The van der Waals surface area contributed by atoms with Crippen molar-refractivity contribution in [2.45, 2.75) is 89.9 Å². The van der Waals surface area contributed by atoms with Crippen molar-refractivity contribution in [2.24, 2.45) is 0 Å². The summed E-state index contributed by atoms with van der Waals surface area (Å²) in [5.74, 6) is 0.280. The number of amides is 1. The van der Waals surface area contributed by atoms with Gasteiger partial charge in [-0.05, 0) is 25.7 Å². The number of hydrogen-bond donors (Lipinski definition) is 1. The van der Waals surface area contributed by atoms with Crippen LogP contribution in [0.1, 0.15) is 71.6 Å². The van der Waals surface area contributed by atoms with Crippen molar-refractivity contribution < 1.29 is 9.53 Å². The Balaban J connectivity index is 1.75. The smallest absolute Gasteiger partial charge is 0.241 e. The van der Waals surface area contributed by atoms with Crippen molar-refractivity contribution >= 4 is 5.91 Å². The number of ether oxygens (including phenoxy) is 1. The van der Waals surface area contributed by atoms with Crippen molar-refractivity contribution in [3.05, 3.63) is 0 Å². The maximum absolute atomic E-state index is 12.5. The molecule has 0 aromatic rings. The SMILES string of the molecule is CCCCC1NC(CC)N(CCOC2CCCCC2)C1=O. The summed E-state index contributed by atoms with van der Waals surface area (Å²) < 4.78 is 5.98. The second-order valence-corrected chi connectivity index (χ2v) is 6.45. The Morgan fingerprint density at radius 1 is 1.24 bits per heavy atom. The molecule has 4 heteroatoms. The molecular weight excluding hydrogens is 264 g/mol. The fourth-order valence-electron chi connectivity index (χ4n) is 3.52. The van der Waals surface area contributed by atoms with E-state index in [2.05, 4.69) is 19.2 Å². The molecule has 2 atom stereocenters. The molecule has 1 amide bonds. The third kappa shape index (κ3) is 4.68. The van der Waals surface area contributed by atoms with E-state index in [1.165, 1.54) is 32.1 Å². The van der Waals surface area contributed by atoms with Crippen LogP contribution in [-0.2, 0) is 9.53 Å². The first-order chi connectivity index (χ1) is 10.3. The van der Waals surface area contributed by atoms with Crippen LogP contribution >= 0.6 is 0 Å². The van der Waals surface area contributed by atoms with Crippen LogP contribution in [-0.4, -0.2) is 42.3 Å². The fourth-order valence-corrected chi connectivity index (χ4v) is 3.52. The predicted octanol–water partition coefficient (Wildman–Crippen LogP) is 3.06. The van der Waals surface area contributed by atoms with Gasteiger partial charge in [-0.1, -0.05) is 46.0 Å². The van der Waals surface area contributed by atoms with Crippen molar-refractivity contribution in [3.8, 4) is 0 Å². The summed E-state index contributed by atoms with van der Waals surface area (Å²) in [4.78, 5) is 14.5. The maximum atomic E-state index is 12.5. The van der Waals surface area contributed by atoms with Crippen molar-refractivity contribution in [2.75, 3.05) is 13.2 Å². The van der Waals surface area contributed by atoms with Gasteiger partial charge >= 0.3 is 0 Å². The standard InChI is InChI=1S/C17H32N2O2/c1-3-5-11-15-17(20)19(16(4-2)18-15)12-13-21-14-9-7-6-8-10-14/h14-16,18H,3-13H2,1-2H3. The van der Waals surface area contributed by atoms with E-state index in [1.807, 2.05) is 4.90 Å². The van der Waals surface area contributed by atoms with E-state index >= 15 is 0 Å². The molecule has 1 aliphatic heterocycles. The fraction of sp³-hybridized carbons (Fsp3) is 0.941. The van der Waals surface area contributed by atoms with Crippen molar-refractivity contribution in [3.63, 3.8) is 0 Å². The molecule has 0 radical (unpaired) electrons. The predicted molar refractivity (Wildman–Crippen MR) is 85.1 cm³/mol. The first-order valence-electron chi connectivity index (χ1n) is 8.94. The van der Waals surface area contributed by atoms with Crippen molar-refractivity contribution in [1.29, 1.82) is 0 Å². The lowest BCUT2D eigenvalue weighted by Gasteiger charge is -2.26. The van der Waals surface area contributed by atoms with Gasteiger partial charge < -0.3 is 9.64 Å². The van der Waals surface area contributed by atoms with E-state index in [-0.39, 0.29) is 18.1 Å². The summed E-state index contributed by atoms with van der Waals surface area (Å²) in [7, 11) is 0. The number of carbonyl (C=O) groups excluding carboxylic acids is 1. The van der Waals surface area contributed by atoms with E-state index < -0.39 is 0 Å². The first kappa shape index (κ1) is 16.8. The lowest BCUT2D eigenvalue weighted by atomic mass is 9.98. The number of rotatable bonds is 8. The number of carbonyl (C=O) groups is 1. The number of nitrogens with zero attached hydrogens (tertiary/aromatic N) is 1. The lowest BCUT2D eigenvalue weighted by Crippen LogP contribution is -2.39. The van der Waals surface area contributed by atoms with Crippen molar-refractivity contribution in [1.82, 2.24) is 10.2 Å². The molecule has 2 fully saturated rings. The molecule has 1 aliphatic carbocycles. The second-order valence-electron chi connectivity index (χ2n) is 6.45. The molecule has 1 saturated carbocycles. The van der Waals surface area contributed by atoms with Crippen LogP contribution in [0.25, 0.3) is 0 Å². The van der Waals surface area contributed by atoms with E-state index in [0.717, 1.165) is 32.2 Å². The van der Waals surface area contributed by atoms with Crippen LogP contribution in [0, 0.1) is 0 Å². The zero-order chi connectivity index (χ0) is 15.1. The average Bonchev–Trinajstić information content (AvgIpc) is 2.82. The van der Waals surface area contributed by atoms with E-state index in [9.17, 15) is 4.79 Å². The summed E-state index contributed by atoms with van der Waals surface area (Å²) in [6, 6.07) is 0.0320. The molecule has 21 heavy (non-hydrogen) atoms. The van der Waals surface area contributed by atoms with Gasteiger partial charge in [-0.15, -0.1) is 0 Å². The summed E-state index contributed by atoms with van der Waals surface area (Å²) >= 11 is 0. The largest absolute Gasteiger partial charge is 0.376 e. The molecule has 1 heterocycles. The molecule has 2 unspecified atom stereocenters. The van der Waals surface area contributed by atoms with Gasteiger partial charge in [0.2, 0.25) is 5.91 Å². The third-order valence-corrected chi connectivity index (χ3v) is 4.82.